The van der Waals surface area contributed by atoms with E-state index in [4.69, 9.17) is 21.1 Å². The van der Waals surface area contributed by atoms with Crippen LogP contribution < -0.4 is 14.8 Å². The summed E-state index contributed by atoms with van der Waals surface area (Å²) >= 11 is 6.07. The number of nitrogens with zero attached hydrogens (tertiary/aromatic N) is 1. The third kappa shape index (κ3) is 5.96. The molecule has 1 saturated heterocycles. The van der Waals surface area contributed by atoms with Crippen molar-refractivity contribution in [2.75, 3.05) is 25.0 Å². The van der Waals surface area contributed by atoms with Gasteiger partial charge in [0.2, 0.25) is 15.9 Å². The van der Waals surface area contributed by atoms with Crippen molar-refractivity contribution in [3.8, 4) is 17.2 Å². The average Bonchev–Trinajstić information content (AvgIpc) is 2.87. The van der Waals surface area contributed by atoms with Crippen LogP contribution in [-0.4, -0.2) is 38.3 Å². The van der Waals surface area contributed by atoms with E-state index in [0.717, 1.165) is 0 Å². The number of nitrogens with one attached hydrogen (secondary N) is 1. The number of piperidine rings is 1. The molecular formula is C26H27ClN2O5S. The molecule has 9 heteroatoms. The fraction of sp³-hybridized carbons (Fsp3) is 0.269. The number of amides is 1. The number of carbonyl (C=O) groups excluding carboxylic acids is 1. The van der Waals surface area contributed by atoms with Crippen molar-refractivity contribution in [3.63, 3.8) is 0 Å². The molecule has 3 aromatic rings. The molecule has 0 saturated carbocycles. The summed E-state index contributed by atoms with van der Waals surface area (Å²) in [4.78, 5) is 13.1. The van der Waals surface area contributed by atoms with Crippen molar-refractivity contribution in [1.29, 1.82) is 0 Å². The molecule has 0 atom stereocenters. The van der Waals surface area contributed by atoms with Gasteiger partial charge >= 0.3 is 0 Å². The summed E-state index contributed by atoms with van der Waals surface area (Å²) in [5.41, 5.74) is 0.566. The van der Waals surface area contributed by atoms with Gasteiger partial charge < -0.3 is 14.8 Å². The van der Waals surface area contributed by atoms with E-state index in [1.54, 1.807) is 31.2 Å². The molecule has 184 valence electrons. The van der Waals surface area contributed by atoms with Crippen molar-refractivity contribution in [2.24, 2.45) is 5.92 Å². The van der Waals surface area contributed by atoms with Gasteiger partial charge in [0, 0.05) is 24.0 Å². The summed E-state index contributed by atoms with van der Waals surface area (Å²) in [6, 6.07) is 21.1. The topological polar surface area (TPSA) is 84.9 Å². The molecule has 1 amide bonds. The third-order valence-corrected chi connectivity index (χ3v) is 7.92. The number of para-hydroxylation sites is 3. The maximum absolute atomic E-state index is 13.3. The standard InChI is InChI=1S/C26H27ClN2O5S/c1-2-33-24-13-12-20(27)18-25(24)35(31,32)29-16-14-19(15-17-29)26(30)28-22-10-6-7-11-23(22)34-21-8-4-3-5-9-21/h3-13,18-19H,2,14-17H2,1H3,(H,28,30). The minimum Gasteiger partial charge on any atom is -0.492 e. The first-order valence-electron chi connectivity index (χ1n) is 11.4. The van der Waals surface area contributed by atoms with Gasteiger partial charge in [0.15, 0.2) is 5.75 Å². The molecule has 0 aliphatic carbocycles. The minimum atomic E-state index is -3.81. The molecule has 7 nitrogen and oxygen atoms in total. The van der Waals surface area contributed by atoms with E-state index in [0.29, 0.717) is 41.7 Å². The fourth-order valence-corrected chi connectivity index (χ4v) is 5.83. The molecule has 0 bridgehead atoms. The largest absolute Gasteiger partial charge is 0.492 e. The van der Waals surface area contributed by atoms with Crippen molar-refractivity contribution < 1.29 is 22.7 Å². The zero-order valence-corrected chi connectivity index (χ0v) is 20.9. The van der Waals surface area contributed by atoms with E-state index >= 15 is 0 Å². The Kier molecular flexibility index (Phi) is 7.95. The average molecular weight is 515 g/mol. The number of hydrogen-bond acceptors (Lipinski definition) is 5. The van der Waals surface area contributed by atoms with Crippen LogP contribution in [0, 0.1) is 5.92 Å². The lowest BCUT2D eigenvalue weighted by Crippen LogP contribution is -2.41. The molecule has 1 N–H and O–H groups in total. The number of halogens is 1. The Labute approximate surface area is 210 Å². The molecule has 1 fully saturated rings. The Morgan fingerprint density at radius 3 is 2.40 bits per heavy atom. The zero-order chi connectivity index (χ0) is 24.8. The van der Waals surface area contributed by atoms with E-state index in [1.807, 2.05) is 42.5 Å². The Morgan fingerprint density at radius 1 is 1.00 bits per heavy atom. The lowest BCUT2D eigenvalue weighted by molar-refractivity contribution is -0.120. The number of anilines is 1. The van der Waals surface area contributed by atoms with Crippen molar-refractivity contribution in [1.82, 2.24) is 4.31 Å². The van der Waals surface area contributed by atoms with Gasteiger partial charge in [-0.1, -0.05) is 41.9 Å². The van der Waals surface area contributed by atoms with Crippen LogP contribution in [-0.2, 0) is 14.8 Å². The third-order valence-electron chi connectivity index (χ3n) is 5.76. The molecule has 0 radical (unpaired) electrons. The van der Waals surface area contributed by atoms with Crippen LogP contribution in [0.25, 0.3) is 0 Å². The van der Waals surface area contributed by atoms with Crippen LogP contribution >= 0.6 is 11.6 Å². The van der Waals surface area contributed by atoms with Gasteiger partial charge in [-0.25, -0.2) is 8.42 Å². The van der Waals surface area contributed by atoms with Gasteiger partial charge in [-0.15, -0.1) is 0 Å². The highest BCUT2D eigenvalue weighted by Gasteiger charge is 2.34. The zero-order valence-electron chi connectivity index (χ0n) is 19.3. The van der Waals surface area contributed by atoms with Gasteiger partial charge in [0.1, 0.15) is 16.4 Å². The molecule has 1 aliphatic heterocycles. The Hall–Kier alpha value is -3.07. The predicted molar refractivity (Wildman–Crippen MR) is 136 cm³/mol. The van der Waals surface area contributed by atoms with E-state index in [9.17, 15) is 13.2 Å². The van der Waals surface area contributed by atoms with E-state index in [1.165, 1.54) is 10.4 Å². The summed E-state index contributed by atoms with van der Waals surface area (Å²) in [5.74, 6) is 0.990. The van der Waals surface area contributed by atoms with Crippen molar-refractivity contribution in [3.05, 3.63) is 77.8 Å². The molecule has 4 rings (SSSR count). The van der Waals surface area contributed by atoms with Crippen LogP contribution in [0.4, 0.5) is 5.69 Å². The van der Waals surface area contributed by atoms with Crippen LogP contribution in [0.3, 0.4) is 0 Å². The summed E-state index contributed by atoms with van der Waals surface area (Å²) in [7, 11) is -3.81. The molecule has 35 heavy (non-hydrogen) atoms. The Balaban J connectivity index is 1.42. The number of sulfonamides is 1. The van der Waals surface area contributed by atoms with Gasteiger partial charge in [0.05, 0.1) is 12.3 Å². The number of benzene rings is 3. The SMILES string of the molecule is CCOc1ccc(Cl)cc1S(=O)(=O)N1CCC(C(=O)Nc2ccccc2Oc2ccccc2)CC1. The molecule has 3 aromatic carbocycles. The lowest BCUT2D eigenvalue weighted by atomic mass is 9.97. The maximum atomic E-state index is 13.3. The van der Waals surface area contributed by atoms with Crippen LogP contribution in [0.15, 0.2) is 77.7 Å². The molecule has 1 heterocycles. The Bertz CT molecular complexity index is 1280. The minimum absolute atomic E-state index is 0.0433. The smallest absolute Gasteiger partial charge is 0.246 e. The quantitative estimate of drug-likeness (QED) is 0.424. The molecule has 0 spiro atoms. The van der Waals surface area contributed by atoms with Crippen molar-refractivity contribution >= 4 is 33.2 Å². The highest BCUT2D eigenvalue weighted by atomic mass is 35.5. The number of ether oxygens (including phenoxy) is 2. The van der Waals surface area contributed by atoms with E-state index in [2.05, 4.69) is 5.32 Å². The summed E-state index contributed by atoms with van der Waals surface area (Å²) in [6.45, 7) is 2.57. The maximum Gasteiger partial charge on any atom is 0.246 e. The van der Waals surface area contributed by atoms with Crippen LogP contribution in [0.1, 0.15) is 19.8 Å². The highest BCUT2D eigenvalue weighted by Crippen LogP contribution is 2.33. The monoisotopic (exact) mass is 514 g/mol. The first-order chi connectivity index (χ1) is 16.9. The summed E-state index contributed by atoms with van der Waals surface area (Å²) in [5, 5.41) is 3.27. The summed E-state index contributed by atoms with van der Waals surface area (Å²) in [6.07, 6.45) is 0.800. The summed E-state index contributed by atoms with van der Waals surface area (Å²) < 4.78 is 39.4. The van der Waals surface area contributed by atoms with E-state index < -0.39 is 10.0 Å². The van der Waals surface area contributed by atoms with Gasteiger partial charge in [0.25, 0.3) is 0 Å². The first-order valence-corrected chi connectivity index (χ1v) is 13.3. The second-order valence-corrected chi connectivity index (χ2v) is 10.4. The molecule has 0 unspecified atom stereocenters. The highest BCUT2D eigenvalue weighted by molar-refractivity contribution is 7.89. The first kappa shape index (κ1) is 25.0. The molecule has 0 aromatic heterocycles. The van der Waals surface area contributed by atoms with Gasteiger partial charge in [-0.2, -0.15) is 4.31 Å². The van der Waals surface area contributed by atoms with Gasteiger partial charge in [-0.05, 0) is 62.2 Å². The van der Waals surface area contributed by atoms with Crippen LogP contribution in [0.5, 0.6) is 17.2 Å². The number of carbonyl (C=O) groups is 1. The lowest BCUT2D eigenvalue weighted by Gasteiger charge is -2.31. The number of hydrogen-bond donors (Lipinski definition) is 1. The number of rotatable bonds is 8. The van der Waals surface area contributed by atoms with Crippen LogP contribution in [0.2, 0.25) is 5.02 Å². The normalized spacial score (nSPS) is 14.9. The molecule has 1 aliphatic rings. The van der Waals surface area contributed by atoms with E-state index in [-0.39, 0.29) is 35.6 Å². The van der Waals surface area contributed by atoms with Crippen molar-refractivity contribution in [2.45, 2.75) is 24.7 Å². The van der Waals surface area contributed by atoms with Gasteiger partial charge in [-0.3, -0.25) is 4.79 Å². The second-order valence-electron chi connectivity index (χ2n) is 8.10. The predicted octanol–water partition coefficient (Wildman–Crippen LogP) is 5.57. The molecular weight excluding hydrogens is 488 g/mol. The fourth-order valence-electron chi connectivity index (χ4n) is 3.96. The second kappa shape index (κ2) is 11.1. The Morgan fingerprint density at radius 2 is 1.69 bits per heavy atom.